The van der Waals surface area contributed by atoms with Crippen LogP contribution in [0.3, 0.4) is 0 Å². The van der Waals surface area contributed by atoms with Gasteiger partial charge in [0.25, 0.3) is 10.0 Å². The predicted molar refractivity (Wildman–Crippen MR) is 70.1 cm³/mol. The largest absolute Gasteiger partial charge is 0.330 e. The maximum atomic E-state index is 12.0. The summed E-state index contributed by atoms with van der Waals surface area (Å²) in [5.41, 5.74) is 0.532. The van der Waals surface area contributed by atoms with E-state index in [9.17, 15) is 13.2 Å². The fourth-order valence-electron chi connectivity index (χ4n) is 1.43. The molecule has 7 nitrogen and oxygen atoms in total. The number of anilines is 2. The van der Waals surface area contributed by atoms with Crippen LogP contribution in [-0.2, 0) is 14.8 Å². The molecule has 0 unspecified atom stereocenters. The summed E-state index contributed by atoms with van der Waals surface area (Å²) in [6.07, 6.45) is 2.95. The fourth-order valence-corrected chi connectivity index (χ4v) is 2.41. The molecule has 1 aromatic heterocycles. The molecule has 0 fully saturated rings. The van der Waals surface area contributed by atoms with Crippen molar-refractivity contribution in [3.63, 3.8) is 0 Å². The van der Waals surface area contributed by atoms with Crippen molar-refractivity contribution in [3.05, 3.63) is 36.7 Å². The van der Waals surface area contributed by atoms with Crippen molar-refractivity contribution in [1.82, 2.24) is 9.97 Å². The van der Waals surface area contributed by atoms with Gasteiger partial charge in [-0.3, -0.25) is 4.79 Å². The smallest absolute Gasteiger partial charge is 0.264 e. The second-order valence-corrected chi connectivity index (χ2v) is 5.43. The monoisotopic (exact) mass is 280 g/mol. The van der Waals surface area contributed by atoms with Gasteiger partial charge in [0.15, 0.2) is 0 Å². The highest BCUT2D eigenvalue weighted by Crippen LogP contribution is 2.16. The van der Waals surface area contributed by atoms with E-state index in [-0.39, 0.29) is 16.8 Å². The lowest BCUT2D eigenvalue weighted by Crippen LogP contribution is -2.14. The number of benzene rings is 1. The highest BCUT2D eigenvalue weighted by Gasteiger charge is 2.15. The summed E-state index contributed by atoms with van der Waals surface area (Å²) in [6.45, 7) is 1.38. The molecule has 19 heavy (non-hydrogen) atoms. The van der Waals surface area contributed by atoms with Crippen LogP contribution in [-0.4, -0.2) is 24.3 Å². The summed E-state index contributed by atoms with van der Waals surface area (Å²) in [4.78, 5) is 17.4. The lowest BCUT2D eigenvalue weighted by atomic mass is 10.3. The summed E-state index contributed by atoms with van der Waals surface area (Å²) >= 11 is 0. The minimum atomic E-state index is -3.68. The number of hydrogen-bond donors (Lipinski definition) is 3. The summed E-state index contributed by atoms with van der Waals surface area (Å²) in [5.74, 6) is -0.0738. The van der Waals surface area contributed by atoms with Gasteiger partial charge in [-0.05, 0) is 24.3 Å². The molecule has 0 bridgehead atoms. The van der Waals surface area contributed by atoms with E-state index in [4.69, 9.17) is 0 Å². The maximum absolute atomic E-state index is 12.0. The summed E-state index contributed by atoms with van der Waals surface area (Å²) in [7, 11) is -3.68. The van der Waals surface area contributed by atoms with Crippen LogP contribution in [0, 0.1) is 0 Å². The molecule has 0 aliphatic rings. The molecule has 0 saturated carbocycles. The molecule has 0 radical (unpaired) electrons. The van der Waals surface area contributed by atoms with Gasteiger partial charge in [0.1, 0.15) is 0 Å². The van der Waals surface area contributed by atoms with E-state index in [1.54, 1.807) is 0 Å². The summed E-state index contributed by atoms with van der Waals surface area (Å²) < 4.78 is 26.2. The second kappa shape index (κ2) is 5.11. The number of aromatic amines is 1. The zero-order valence-corrected chi connectivity index (χ0v) is 10.9. The number of nitrogens with zero attached hydrogens (tertiary/aromatic N) is 1. The standard InChI is InChI=1S/C11H12N4O3S/c1-8(16)14-9-2-4-10(5-3-9)19(17,18)15-11-12-6-7-13-11/h2-7H,1H3,(H,14,16)(H2,12,13,15). The van der Waals surface area contributed by atoms with Crippen LogP contribution in [0.1, 0.15) is 6.92 Å². The number of imidazole rings is 1. The third kappa shape index (κ3) is 3.32. The van der Waals surface area contributed by atoms with E-state index in [1.807, 2.05) is 0 Å². The van der Waals surface area contributed by atoms with Crippen molar-refractivity contribution in [2.45, 2.75) is 11.8 Å². The number of carbonyl (C=O) groups is 1. The SMILES string of the molecule is CC(=O)Nc1ccc(S(=O)(=O)Nc2ncc[nH]2)cc1. The van der Waals surface area contributed by atoms with Crippen molar-refractivity contribution in [2.24, 2.45) is 0 Å². The second-order valence-electron chi connectivity index (χ2n) is 3.75. The number of rotatable bonds is 4. The topological polar surface area (TPSA) is 104 Å². The van der Waals surface area contributed by atoms with Gasteiger partial charge < -0.3 is 10.3 Å². The Labute approximate surface area is 110 Å². The first-order valence-corrected chi connectivity index (χ1v) is 6.85. The Morgan fingerprint density at radius 2 is 1.95 bits per heavy atom. The van der Waals surface area contributed by atoms with Crippen LogP contribution in [0.4, 0.5) is 11.6 Å². The quantitative estimate of drug-likeness (QED) is 0.781. The van der Waals surface area contributed by atoms with Gasteiger partial charge in [-0.15, -0.1) is 0 Å². The average Bonchev–Trinajstić information content (AvgIpc) is 2.81. The van der Waals surface area contributed by atoms with Crippen molar-refractivity contribution in [3.8, 4) is 0 Å². The minimum absolute atomic E-state index is 0.0815. The third-order valence-electron chi connectivity index (χ3n) is 2.21. The van der Waals surface area contributed by atoms with E-state index >= 15 is 0 Å². The van der Waals surface area contributed by atoms with E-state index in [0.717, 1.165) is 0 Å². The van der Waals surface area contributed by atoms with Crippen molar-refractivity contribution in [2.75, 3.05) is 10.0 Å². The molecule has 100 valence electrons. The van der Waals surface area contributed by atoms with Gasteiger partial charge in [0, 0.05) is 25.0 Å². The van der Waals surface area contributed by atoms with Crippen LogP contribution in [0.15, 0.2) is 41.6 Å². The summed E-state index contributed by atoms with van der Waals surface area (Å²) in [5, 5.41) is 2.56. The first kappa shape index (κ1) is 13.1. The number of nitrogens with one attached hydrogen (secondary N) is 3. The Balaban J connectivity index is 2.19. The number of amides is 1. The molecular formula is C11H12N4O3S. The molecule has 0 aliphatic heterocycles. The zero-order valence-electron chi connectivity index (χ0n) is 10.0. The van der Waals surface area contributed by atoms with Crippen molar-refractivity contribution >= 4 is 27.6 Å². The molecule has 1 heterocycles. The molecule has 1 aromatic carbocycles. The molecule has 3 N–H and O–H groups in total. The molecule has 1 amide bonds. The van der Waals surface area contributed by atoms with Crippen LogP contribution >= 0.6 is 0 Å². The summed E-state index contributed by atoms with van der Waals surface area (Å²) in [6, 6.07) is 5.82. The lowest BCUT2D eigenvalue weighted by molar-refractivity contribution is -0.114. The molecule has 0 spiro atoms. The lowest BCUT2D eigenvalue weighted by Gasteiger charge is -2.06. The van der Waals surface area contributed by atoms with E-state index in [1.165, 1.54) is 43.6 Å². The highest BCUT2D eigenvalue weighted by molar-refractivity contribution is 7.92. The molecule has 0 aliphatic carbocycles. The Morgan fingerprint density at radius 1 is 1.26 bits per heavy atom. The first-order valence-electron chi connectivity index (χ1n) is 5.37. The van der Waals surface area contributed by atoms with E-state index < -0.39 is 10.0 Å². The van der Waals surface area contributed by atoms with Crippen LogP contribution in [0.25, 0.3) is 0 Å². The number of H-pyrrole nitrogens is 1. The normalized spacial score (nSPS) is 11.0. The highest BCUT2D eigenvalue weighted by atomic mass is 32.2. The maximum Gasteiger partial charge on any atom is 0.264 e. The van der Waals surface area contributed by atoms with Crippen LogP contribution < -0.4 is 10.0 Å². The minimum Gasteiger partial charge on any atom is -0.330 e. The van der Waals surface area contributed by atoms with Crippen LogP contribution in [0.2, 0.25) is 0 Å². The molecule has 0 atom stereocenters. The van der Waals surface area contributed by atoms with Crippen LogP contribution in [0.5, 0.6) is 0 Å². The molecule has 0 saturated heterocycles. The molecule has 2 rings (SSSR count). The zero-order chi connectivity index (χ0) is 13.9. The van der Waals surface area contributed by atoms with Gasteiger partial charge in [-0.25, -0.2) is 18.1 Å². The average molecular weight is 280 g/mol. The van der Waals surface area contributed by atoms with Gasteiger partial charge >= 0.3 is 0 Å². The number of sulfonamides is 1. The van der Waals surface area contributed by atoms with Gasteiger partial charge in [-0.2, -0.15) is 0 Å². The third-order valence-corrected chi connectivity index (χ3v) is 3.57. The Bertz CT molecular complexity index is 662. The number of hydrogen-bond acceptors (Lipinski definition) is 4. The number of aromatic nitrogens is 2. The van der Waals surface area contributed by atoms with Gasteiger partial charge in [0.2, 0.25) is 11.9 Å². The van der Waals surface area contributed by atoms with Crippen molar-refractivity contribution < 1.29 is 13.2 Å². The fraction of sp³-hybridized carbons (Fsp3) is 0.0909. The van der Waals surface area contributed by atoms with E-state index in [0.29, 0.717) is 5.69 Å². The molecular weight excluding hydrogens is 268 g/mol. The van der Waals surface area contributed by atoms with Crippen molar-refractivity contribution in [1.29, 1.82) is 0 Å². The first-order chi connectivity index (χ1) is 8.97. The van der Waals surface area contributed by atoms with Gasteiger partial charge in [0.05, 0.1) is 4.90 Å². The Morgan fingerprint density at radius 3 is 2.47 bits per heavy atom. The Kier molecular flexibility index (Phi) is 3.52. The molecule has 8 heteroatoms. The Hall–Kier alpha value is -2.35. The van der Waals surface area contributed by atoms with E-state index in [2.05, 4.69) is 20.0 Å². The predicted octanol–water partition coefficient (Wildman–Crippen LogP) is 1.17. The van der Waals surface area contributed by atoms with Gasteiger partial charge in [-0.1, -0.05) is 0 Å². The number of carbonyl (C=O) groups excluding carboxylic acids is 1. The molecule has 2 aromatic rings.